The first-order chi connectivity index (χ1) is 20.3. The van der Waals surface area contributed by atoms with Gasteiger partial charge in [-0.25, -0.2) is 0 Å². The second-order valence-electron chi connectivity index (χ2n) is 10.3. The van der Waals surface area contributed by atoms with Gasteiger partial charge in [0.2, 0.25) is 17.5 Å². The maximum atomic E-state index is 13.6. The minimum atomic E-state index is -1.97. The Balaban J connectivity index is 1.48. The number of benzene rings is 2. The highest BCUT2D eigenvalue weighted by Crippen LogP contribution is 2.39. The summed E-state index contributed by atoms with van der Waals surface area (Å²) in [6, 6.07) is 5.24. The molecule has 43 heavy (non-hydrogen) atoms. The molecule has 0 amide bonds. The molecule has 2 fully saturated rings. The molecule has 10 N–H and O–H groups in total. The van der Waals surface area contributed by atoms with Gasteiger partial charge in [-0.2, -0.15) is 0 Å². The van der Waals surface area contributed by atoms with Gasteiger partial charge in [0.15, 0.2) is 23.5 Å². The third-order valence-electron chi connectivity index (χ3n) is 7.29. The number of ether oxygens (including phenoxy) is 4. The van der Waals surface area contributed by atoms with Crippen molar-refractivity contribution in [1.29, 1.82) is 0 Å². The molecule has 2 aromatic carbocycles. The van der Waals surface area contributed by atoms with E-state index in [2.05, 4.69) is 0 Å². The lowest BCUT2D eigenvalue weighted by molar-refractivity contribution is -0.318. The lowest BCUT2D eigenvalue weighted by Crippen LogP contribution is -2.61. The van der Waals surface area contributed by atoms with E-state index in [1.165, 1.54) is 13.0 Å². The highest BCUT2D eigenvalue weighted by molar-refractivity contribution is 5.88. The Hall–Kier alpha value is -3.71. The molecule has 0 aliphatic carbocycles. The Kier molecular flexibility index (Phi) is 8.41. The molecular formula is C27H30O16. The molecule has 16 heteroatoms. The summed E-state index contributed by atoms with van der Waals surface area (Å²) in [5.74, 6) is -3.33. The average Bonchev–Trinajstić information content (AvgIpc) is 2.96. The molecule has 0 spiro atoms. The van der Waals surface area contributed by atoms with Crippen LogP contribution in [0.1, 0.15) is 6.92 Å². The Morgan fingerprint density at radius 2 is 1.42 bits per heavy atom. The lowest BCUT2D eigenvalue weighted by Gasteiger charge is -2.42. The van der Waals surface area contributed by atoms with Crippen molar-refractivity contribution in [2.24, 2.45) is 0 Å². The number of rotatable bonds is 6. The summed E-state index contributed by atoms with van der Waals surface area (Å²) >= 11 is 0. The van der Waals surface area contributed by atoms with Gasteiger partial charge in [0.05, 0.1) is 12.7 Å². The highest BCUT2D eigenvalue weighted by Gasteiger charge is 2.47. The average molecular weight is 611 g/mol. The van der Waals surface area contributed by atoms with Crippen LogP contribution in [0, 0.1) is 0 Å². The van der Waals surface area contributed by atoms with E-state index in [-0.39, 0.29) is 11.1 Å². The summed E-state index contributed by atoms with van der Waals surface area (Å²) in [6.45, 7) is 0.818. The predicted octanol–water partition coefficient (Wildman–Crippen LogP) is -1.69. The topological polar surface area (TPSA) is 269 Å². The van der Waals surface area contributed by atoms with E-state index in [9.17, 15) is 55.9 Å². The maximum Gasteiger partial charge on any atom is 0.239 e. The van der Waals surface area contributed by atoms with Crippen LogP contribution in [0.25, 0.3) is 22.3 Å². The number of phenols is 4. The fourth-order valence-corrected chi connectivity index (χ4v) is 4.84. The van der Waals surface area contributed by atoms with Gasteiger partial charge in [-0.05, 0) is 25.1 Å². The first-order valence-corrected chi connectivity index (χ1v) is 13.0. The van der Waals surface area contributed by atoms with Gasteiger partial charge in [-0.15, -0.1) is 0 Å². The summed E-state index contributed by atoms with van der Waals surface area (Å²) < 4.78 is 27.8. The number of hydrogen-bond acceptors (Lipinski definition) is 16. The Bertz CT molecular complexity index is 1540. The van der Waals surface area contributed by atoms with Crippen LogP contribution in [-0.2, 0) is 14.2 Å². The molecule has 1 aromatic heterocycles. The molecule has 2 aliphatic heterocycles. The molecule has 2 saturated heterocycles. The van der Waals surface area contributed by atoms with E-state index < -0.39 is 113 Å². The van der Waals surface area contributed by atoms with Gasteiger partial charge in [0.25, 0.3) is 0 Å². The fraction of sp³-hybridized carbons (Fsp3) is 0.444. The molecule has 3 aromatic rings. The van der Waals surface area contributed by atoms with Gasteiger partial charge in [-0.3, -0.25) is 4.79 Å². The van der Waals surface area contributed by atoms with Crippen LogP contribution >= 0.6 is 0 Å². The Labute approximate surface area is 241 Å². The summed E-state index contributed by atoms with van der Waals surface area (Å²) in [6.07, 6.45) is -16.2. The summed E-state index contributed by atoms with van der Waals surface area (Å²) in [5, 5.41) is 101. The fourth-order valence-electron chi connectivity index (χ4n) is 4.84. The van der Waals surface area contributed by atoms with Crippen molar-refractivity contribution in [1.82, 2.24) is 0 Å². The van der Waals surface area contributed by atoms with Gasteiger partial charge < -0.3 is 74.4 Å². The molecule has 0 radical (unpaired) electrons. The van der Waals surface area contributed by atoms with E-state index in [0.717, 1.165) is 24.3 Å². The van der Waals surface area contributed by atoms with Crippen molar-refractivity contribution in [3.63, 3.8) is 0 Å². The molecule has 16 nitrogen and oxygen atoms in total. The third-order valence-corrected chi connectivity index (χ3v) is 7.29. The van der Waals surface area contributed by atoms with Crippen molar-refractivity contribution in [3.05, 3.63) is 40.6 Å². The number of aliphatic hydroxyl groups excluding tert-OH is 6. The Morgan fingerprint density at radius 1 is 0.744 bits per heavy atom. The van der Waals surface area contributed by atoms with Crippen molar-refractivity contribution in [2.45, 2.75) is 68.3 Å². The minimum Gasteiger partial charge on any atom is -0.508 e. The monoisotopic (exact) mass is 610 g/mol. The van der Waals surface area contributed by atoms with Gasteiger partial charge in [0, 0.05) is 17.7 Å². The van der Waals surface area contributed by atoms with E-state index in [1.807, 2.05) is 0 Å². The first kappa shape index (κ1) is 30.7. The quantitative estimate of drug-likeness (QED) is 0.140. The SMILES string of the molecule is CC1OC(OCC2OC(Oc3c(-c4ccc(O)c(O)c4)oc4cc(O)cc(O)c4c3=O)C(O)C(O)C2O)[C@@H](O)C(O)C1O. The number of hydrogen-bond donors (Lipinski definition) is 10. The summed E-state index contributed by atoms with van der Waals surface area (Å²) in [4.78, 5) is 13.6. The standard InChI is InChI=1S/C27H30O16/c1-8-17(32)20(35)22(37)26(40-8)39-7-15-18(33)21(36)23(38)27(42-15)43-25-19(34)16-13(31)5-10(28)6-14(16)41-24(25)9-2-3-11(29)12(30)4-9/h2-6,8,15,17-18,20-23,26-33,35-38H,7H2,1H3/t8?,15?,17?,18?,20?,21?,22-,23?,26?,27?/m0/s1. The number of aromatic hydroxyl groups is 4. The van der Waals surface area contributed by atoms with Crippen LogP contribution in [0.5, 0.6) is 28.7 Å². The third kappa shape index (κ3) is 5.67. The van der Waals surface area contributed by atoms with Gasteiger partial charge in [0.1, 0.15) is 65.2 Å². The molecule has 234 valence electrons. The molecule has 3 heterocycles. The molecule has 5 rings (SSSR count). The van der Waals surface area contributed by atoms with Crippen LogP contribution < -0.4 is 10.2 Å². The smallest absolute Gasteiger partial charge is 0.239 e. The molecule has 0 bridgehead atoms. The first-order valence-electron chi connectivity index (χ1n) is 13.0. The highest BCUT2D eigenvalue weighted by atomic mass is 16.7. The van der Waals surface area contributed by atoms with Crippen LogP contribution in [0.15, 0.2) is 39.5 Å². The van der Waals surface area contributed by atoms with Crippen molar-refractivity contribution < 1.29 is 74.4 Å². The second-order valence-corrected chi connectivity index (χ2v) is 10.3. The molecular weight excluding hydrogens is 580 g/mol. The lowest BCUT2D eigenvalue weighted by atomic mass is 9.98. The normalized spacial score (nSPS) is 33.0. The zero-order valence-electron chi connectivity index (χ0n) is 22.3. The van der Waals surface area contributed by atoms with Crippen LogP contribution in [-0.4, -0.2) is 119 Å². The number of phenolic OH excluding ortho intramolecular Hbond substituents is 4. The zero-order chi connectivity index (χ0) is 31.3. The summed E-state index contributed by atoms with van der Waals surface area (Å²) in [5.41, 5.74) is -1.35. The Morgan fingerprint density at radius 3 is 2.12 bits per heavy atom. The minimum absolute atomic E-state index is 0.0313. The zero-order valence-corrected chi connectivity index (χ0v) is 22.3. The summed E-state index contributed by atoms with van der Waals surface area (Å²) in [7, 11) is 0. The van der Waals surface area contributed by atoms with Crippen LogP contribution in [0.4, 0.5) is 0 Å². The molecule has 10 atom stereocenters. The van der Waals surface area contributed by atoms with E-state index >= 15 is 0 Å². The number of fused-ring (bicyclic) bond motifs is 1. The second kappa shape index (κ2) is 11.8. The van der Waals surface area contributed by atoms with Gasteiger partial charge in [-0.1, -0.05) is 0 Å². The molecule has 9 unspecified atom stereocenters. The maximum absolute atomic E-state index is 13.6. The predicted molar refractivity (Wildman–Crippen MR) is 140 cm³/mol. The number of aliphatic hydroxyl groups is 6. The molecule has 0 saturated carbocycles. The van der Waals surface area contributed by atoms with E-state index in [4.69, 9.17) is 23.4 Å². The van der Waals surface area contributed by atoms with E-state index in [0.29, 0.717) is 0 Å². The van der Waals surface area contributed by atoms with Crippen molar-refractivity contribution >= 4 is 11.0 Å². The van der Waals surface area contributed by atoms with Crippen molar-refractivity contribution in [2.75, 3.05) is 6.61 Å². The largest absolute Gasteiger partial charge is 0.508 e. The van der Waals surface area contributed by atoms with Crippen molar-refractivity contribution in [3.8, 4) is 40.1 Å². The van der Waals surface area contributed by atoms with Crippen LogP contribution in [0.2, 0.25) is 0 Å². The molecule has 2 aliphatic rings. The van der Waals surface area contributed by atoms with Crippen LogP contribution in [0.3, 0.4) is 0 Å². The van der Waals surface area contributed by atoms with Gasteiger partial charge >= 0.3 is 0 Å². The van der Waals surface area contributed by atoms with E-state index in [1.54, 1.807) is 0 Å².